The van der Waals surface area contributed by atoms with Gasteiger partial charge >= 0.3 is 12.0 Å². The Morgan fingerprint density at radius 1 is 1.37 bits per heavy atom. The highest BCUT2D eigenvalue weighted by Crippen LogP contribution is 2.25. The van der Waals surface area contributed by atoms with Gasteiger partial charge in [-0.1, -0.05) is 6.92 Å². The van der Waals surface area contributed by atoms with Crippen molar-refractivity contribution in [2.24, 2.45) is 0 Å². The van der Waals surface area contributed by atoms with E-state index >= 15 is 0 Å². The minimum Gasteiger partial charge on any atom is -0.480 e. The van der Waals surface area contributed by atoms with Crippen LogP contribution >= 0.6 is 0 Å². The maximum absolute atomic E-state index is 11.8. The molecule has 0 spiro atoms. The van der Waals surface area contributed by atoms with Gasteiger partial charge in [-0.05, 0) is 33.2 Å². The van der Waals surface area contributed by atoms with Gasteiger partial charge in [-0.2, -0.15) is 0 Å². The van der Waals surface area contributed by atoms with Crippen LogP contribution in [0.4, 0.5) is 4.79 Å². The van der Waals surface area contributed by atoms with Crippen molar-refractivity contribution in [2.75, 3.05) is 20.1 Å². The number of rotatable bonds is 6. The number of aliphatic carboxylic acids is 1. The largest absolute Gasteiger partial charge is 0.480 e. The number of urea groups is 1. The van der Waals surface area contributed by atoms with Crippen molar-refractivity contribution in [2.45, 2.75) is 51.7 Å². The number of hydrogen-bond acceptors (Lipinski definition) is 3. The molecule has 0 aliphatic heterocycles. The van der Waals surface area contributed by atoms with Crippen LogP contribution in [0.3, 0.4) is 0 Å². The van der Waals surface area contributed by atoms with E-state index in [0.29, 0.717) is 0 Å². The lowest BCUT2D eigenvalue weighted by Gasteiger charge is -2.42. The van der Waals surface area contributed by atoms with Gasteiger partial charge in [0.05, 0.1) is 6.54 Å². The van der Waals surface area contributed by atoms with Crippen LogP contribution in [0.1, 0.15) is 33.6 Å². The zero-order valence-electron chi connectivity index (χ0n) is 12.2. The van der Waals surface area contributed by atoms with Crippen LogP contribution in [-0.2, 0) is 4.79 Å². The van der Waals surface area contributed by atoms with Crippen LogP contribution in [0.15, 0.2) is 0 Å². The number of nitrogens with one attached hydrogen (secondary N) is 1. The minimum absolute atomic E-state index is 0.0558. The lowest BCUT2D eigenvalue weighted by atomic mass is 9.85. The first-order valence-electron chi connectivity index (χ1n) is 6.84. The second-order valence-electron chi connectivity index (χ2n) is 5.43. The van der Waals surface area contributed by atoms with E-state index in [9.17, 15) is 9.59 Å². The van der Waals surface area contributed by atoms with Crippen LogP contribution in [0, 0.1) is 0 Å². The summed E-state index contributed by atoms with van der Waals surface area (Å²) in [4.78, 5) is 26.1. The standard InChI is InChI=1S/C13H25N3O3/c1-5-16(8-12(17)18)11-6-10(7-11)14-13(19)15(4)9(2)3/h9-11H,5-8H2,1-4H3,(H,14,19)(H,17,18). The monoisotopic (exact) mass is 271 g/mol. The van der Waals surface area contributed by atoms with E-state index in [1.165, 1.54) is 0 Å². The fraction of sp³-hybridized carbons (Fsp3) is 0.846. The van der Waals surface area contributed by atoms with E-state index < -0.39 is 5.97 Å². The van der Waals surface area contributed by atoms with Gasteiger partial charge in [0.25, 0.3) is 0 Å². The third-order valence-corrected chi connectivity index (χ3v) is 3.80. The molecule has 0 radical (unpaired) electrons. The molecule has 6 nitrogen and oxygen atoms in total. The molecule has 1 saturated carbocycles. The molecule has 1 aliphatic carbocycles. The Kier molecular flexibility index (Phi) is 5.60. The summed E-state index contributed by atoms with van der Waals surface area (Å²) in [6.45, 7) is 6.70. The van der Waals surface area contributed by atoms with Gasteiger partial charge in [-0.25, -0.2) is 4.79 Å². The summed E-state index contributed by atoms with van der Waals surface area (Å²) in [5.41, 5.74) is 0. The van der Waals surface area contributed by atoms with Gasteiger partial charge in [-0.3, -0.25) is 9.69 Å². The van der Waals surface area contributed by atoms with Crippen LogP contribution in [0.2, 0.25) is 0 Å². The average molecular weight is 271 g/mol. The van der Waals surface area contributed by atoms with E-state index in [0.717, 1.165) is 19.4 Å². The lowest BCUT2D eigenvalue weighted by molar-refractivity contribution is -0.139. The van der Waals surface area contributed by atoms with Crippen molar-refractivity contribution in [3.63, 3.8) is 0 Å². The molecule has 0 unspecified atom stereocenters. The van der Waals surface area contributed by atoms with Crippen LogP contribution in [0.5, 0.6) is 0 Å². The predicted molar refractivity (Wildman–Crippen MR) is 73.1 cm³/mol. The van der Waals surface area contributed by atoms with E-state index in [-0.39, 0.29) is 30.7 Å². The highest BCUT2D eigenvalue weighted by Gasteiger charge is 2.35. The number of carbonyl (C=O) groups is 2. The molecule has 0 saturated heterocycles. The minimum atomic E-state index is -0.797. The third kappa shape index (κ3) is 4.38. The van der Waals surface area contributed by atoms with E-state index in [1.807, 2.05) is 25.7 Å². The lowest BCUT2D eigenvalue weighted by Crippen LogP contribution is -2.57. The van der Waals surface area contributed by atoms with Gasteiger partial charge in [-0.15, -0.1) is 0 Å². The number of amides is 2. The molecule has 6 heteroatoms. The van der Waals surface area contributed by atoms with Crippen molar-refractivity contribution in [3.8, 4) is 0 Å². The van der Waals surface area contributed by atoms with Crippen molar-refractivity contribution in [1.82, 2.24) is 15.1 Å². The molecule has 0 atom stereocenters. The van der Waals surface area contributed by atoms with E-state index in [1.54, 1.807) is 11.9 Å². The molecular weight excluding hydrogens is 246 g/mol. The predicted octanol–water partition coefficient (Wildman–Crippen LogP) is 0.974. The van der Waals surface area contributed by atoms with Crippen molar-refractivity contribution in [1.29, 1.82) is 0 Å². The number of hydrogen-bond donors (Lipinski definition) is 2. The first kappa shape index (κ1) is 15.8. The maximum atomic E-state index is 11.8. The summed E-state index contributed by atoms with van der Waals surface area (Å²) in [5.74, 6) is -0.797. The number of likely N-dealkylation sites (N-methyl/N-ethyl adjacent to an activating group) is 1. The van der Waals surface area contributed by atoms with Crippen molar-refractivity contribution < 1.29 is 14.7 Å². The number of nitrogens with zero attached hydrogens (tertiary/aromatic N) is 2. The zero-order chi connectivity index (χ0) is 14.6. The Bertz CT molecular complexity index is 327. The summed E-state index contributed by atoms with van der Waals surface area (Å²) in [7, 11) is 1.78. The molecule has 0 aromatic heterocycles. The van der Waals surface area contributed by atoms with Crippen molar-refractivity contribution >= 4 is 12.0 Å². The Morgan fingerprint density at radius 3 is 2.37 bits per heavy atom. The normalized spacial score (nSPS) is 22.2. The number of carboxylic acids is 1. The molecule has 19 heavy (non-hydrogen) atoms. The molecule has 1 aliphatic rings. The molecule has 1 rings (SSSR count). The maximum Gasteiger partial charge on any atom is 0.317 e. The number of carbonyl (C=O) groups excluding carboxylic acids is 1. The quantitative estimate of drug-likeness (QED) is 0.755. The number of carboxylic acid groups (broad SMARTS) is 1. The summed E-state index contributed by atoms with van der Waals surface area (Å²) in [6.07, 6.45) is 1.66. The van der Waals surface area contributed by atoms with Crippen molar-refractivity contribution in [3.05, 3.63) is 0 Å². The smallest absolute Gasteiger partial charge is 0.317 e. The van der Waals surface area contributed by atoms with Crippen LogP contribution in [-0.4, -0.2) is 65.2 Å². The highest BCUT2D eigenvalue weighted by molar-refractivity contribution is 5.74. The first-order chi connectivity index (χ1) is 8.85. The van der Waals surface area contributed by atoms with E-state index in [4.69, 9.17) is 5.11 Å². The van der Waals surface area contributed by atoms with Crippen LogP contribution in [0.25, 0.3) is 0 Å². The molecule has 0 aromatic carbocycles. The van der Waals surface area contributed by atoms with Gasteiger partial charge in [0.2, 0.25) is 0 Å². The Hall–Kier alpha value is -1.30. The molecule has 2 N–H and O–H groups in total. The molecule has 0 aromatic rings. The molecule has 110 valence electrons. The molecule has 0 bridgehead atoms. The summed E-state index contributed by atoms with van der Waals surface area (Å²) >= 11 is 0. The first-order valence-corrected chi connectivity index (χ1v) is 6.84. The van der Waals surface area contributed by atoms with Gasteiger partial charge in [0.1, 0.15) is 0 Å². The molecule has 1 fully saturated rings. The Labute approximate surface area is 114 Å². The molecular formula is C13H25N3O3. The summed E-state index contributed by atoms with van der Waals surface area (Å²) in [5, 5.41) is 11.8. The topological polar surface area (TPSA) is 72.9 Å². The fourth-order valence-corrected chi connectivity index (χ4v) is 2.19. The van der Waals surface area contributed by atoms with E-state index in [2.05, 4.69) is 5.32 Å². The summed E-state index contributed by atoms with van der Waals surface area (Å²) in [6, 6.07) is 0.562. The molecule has 2 amide bonds. The SMILES string of the molecule is CCN(CC(=O)O)C1CC(NC(=O)N(C)C(C)C)C1. The van der Waals surface area contributed by atoms with Gasteiger partial charge in [0.15, 0.2) is 0 Å². The van der Waals surface area contributed by atoms with Crippen LogP contribution < -0.4 is 5.32 Å². The second kappa shape index (κ2) is 6.75. The second-order valence-corrected chi connectivity index (χ2v) is 5.43. The Balaban J connectivity index is 2.33. The third-order valence-electron chi connectivity index (χ3n) is 3.80. The Morgan fingerprint density at radius 2 is 1.95 bits per heavy atom. The van der Waals surface area contributed by atoms with Gasteiger partial charge < -0.3 is 15.3 Å². The average Bonchev–Trinajstić information content (AvgIpc) is 2.28. The summed E-state index contributed by atoms with van der Waals surface area (Å²) < 4.78 is 0. The van der Waals surface area contributed by atoms with Gasteiger partial charge in [0, 0.05) is 25.2 Å². The fourth-order valence-electron chi connectivity index (χ4n) is 2.19. The zero-order valence-corrected chi connectivity index (χ0v) is 12.2. The highest BCUT2D eigenvalue weighted by atomic mass is 16.4. The molecule has 0 heterocycles.